The summed E-state index contributed by atoms with van der Waals surface area (Å²) in [5, 5.41) is 4.86. The number of rotatable bonds is 3. The molecular formula is C11H12BrF3N2O. The number of carbonyl (C=O) groups excluding carboxylic acids is 1. The van der Waals surface area contributed by atoms with E-state index < -0.39 is 17.8 Å². The lowest BCUT2D eigenvalue weighted by atomic mass is 10.2. The Morgan fingerprint density at radius 2 is 2.00 bits per heavy atom. The molecule has 0 aliphatic rings. The molecule has 1 aromatic rings. The van der Waals surface area contributed by atoms with Gasteiger partial charge in [-0.15, -0.1) is 0 Å². The molecule has 7 heteroatoms. The van der Waals surface area contributed by atoms with Crippen LogP contribution in [0.1, 0.15) is 18.9 Å². The predicted molar refractivity (Wildman–Crippen MR) is 66.5 cm³/mol. The summed E-state index contributed by atoms with van der Waals surface area (Å²) in [6, 6.07) is 2.72. The number of urea groups is 1. The summed E-state index contributed by atoms with van der Waals surface area (Å²) in [4.78, 5) is 11.3. The Hall–Kier alpha value is -1.24. The first-order valence-corrected chi connectivity index (χ1v) is 6.05. The molecule has 0 radical (unpaired) electrons. The van der Waals surface area contributed by atoms with Crippen LogP contribution in [0.5, 0.6) is 0 Å². The fraction of sp³-hybridized carbons (Fsp3) is 0.364. The van der Waals surface area contributed by atoms with Gasteiger partial charge >= 0.3 is 12.2 Å². The van der Waals surface area contributed by atoms with Crippen molar-refractivity contribution >= 4 is 27.6 Å². The number of nitrogens with one attached hydrogen (secondary N) is 2. The van der Waals surface area contributed by atoms with Crippen molar-refractivity contribution in [2.75, 3.05) is 11.9 Å². The van der Waals surface area contributed by atoms with Gasteiger partial charge in [0.15, 0.2) is 0 Å². The molecular weight excluding hydrogens is 313 g/mol. The number of hydrogen-bond donors (Lipinski definition) is 2. The maximum absolute atomic E-state index is 12.5. The van der Waals surface area contributed by atoms with E-state index in [1.54, 1.807) is 0 Å². The molecule has 1 rings (SSSR count). The zero-order chi connectivity index (χ0) is 13.8. The van der Waals surface area contributed by atoms with Gasteiger partial charge in [0.1, 0.15) is 0 Å². The number of anilines is 1. The number of benzene rings is 1. The van der Waals surface area contributed by atoms with Gasteiger partial charge in [0.2, 0.25) is 0 Å². The van der Waals surface area contributed by atoms with Crippen molar-refractivity contribution in [2.45, 2.75) is 19.5 Å². The fourth-order valence-electron chi connectivity index (χ4n) is 1.24. The molecule has 0 fully saturated rings. The van der Waals surface area contributed by atoms with Crippen LogP contribution in [0.2, 0.25) is 0 Å². The predicted octanol–water partition coefficient (Wildman–Crippen LogP) is 4.00. The van der Waals surface area contributed by atoms with Gasteiger partial charge in [0.25, 0.3) is 0 Å². The molecule has 0 aliphatic carbocycles. The highest BCUT2D eigenvalue weighted by Crippen LogP contribution is 2.33. The van der Waals surface area contributed by atoms with Crippen LogP contribution >= 0.6 is 15.9 Å². The third-order valence-electron chi connectivity index (χ3n) is 2.02. The van der Waals surface area contributed by atoms with Crippen LogP contribution in [0.3, 0.4) is 0 Å². The topological polar surface area (TPSA) is 41.1 Å². The molecule has 0 heterocycles. The molecule has 2 amide bonds. The second-order valence-corrected chi connectivity index (χ2v) is 4.52. The lowest BCUT2D eigenvalue weighted by Gasteiger charge is -2.11. The minimum atomic E-state index is -4.44. The van der Waals surface area contributed by atoms with Crippen LogP contribution in [-0.2, 0) is 6.18 Å². The minimum Gasteiger partial charge on any atom is -0.338 e. The van der Waals surface area contributed by atoms with E-state index in [1.807, 2.05) is 6.92 Å². The smallest absolute Gasteiger partial charge is 0.338 e. The van der Waals surface area contributed by atoms with Gasteiger partial charge in [-0.25, -0.2) is 4.79 Å². The second kappa shape index (κ2) is 6.08. The van der Waals surface area contributed by atoms with Crippen molar-refractivity contribution < 1.29 is 18.0 Å². The molecule has 0 spiro atoms. The third kappa shape index (κ3) is 4.56. The van der Waals surface area contributed by atoms with Gasteiger partial charge < -0.3 is 10.6 Å². The van der Waals surface area contributed by atoms with Gasteiger partial charge in [0.05, 0.1) is 5.56 Å². The zero-order valence-corrected chi connectivity index (χ0v) is 11.2. The molecule has 0 atom stereocenters. The quantitative estimate of drug-likeness (QED) is 0.866. The Labute approximate surface area is 111 Å². The third-order valence-corrected chi connectivity index (χ3v) is 2.48. The number of alkyl halides is 3. The molecule has 0 saturated carbocycles. The number of halogens is 4. The molecule has 0 aromatic heterocycles. The summed E-state index contributed by atoms with van der Waals surface area (Å²) in [5.74, 6) is 0. The summed E-state index contributed by atoms with van der Waals surface area (Å²) < 4.78 is 37.9. The van der Waals surface area contributed by atoms with Crippen LogP contribution in [0, 0.1) is 0 Å². The van der Waals surface area contributed by atoms with Crippen molar-refractivity contribution in [2.24, 2.45) is 0 Å². The zero-order valence-electron chi connectivity index (χ0n) is 9.57. The minimum absolute atomic E-state index is 0.0882. The summed E-state index contributed by atoms with van der Waals surface area (Å²) in [6.45, 7) is 2.34. The first-order chi connectivity index (χ1) is 8.32. The van der Waals surface area contributed by atoms with Crippen molar-refractivity contribution in [1.82, 2.24) is 5.32 Å². The Morgan fingerprint density at radius 1 is 1.33 bits per heavy atom. The molecule has 100 valence electrons. The first kappa shape index (κ1) is 14.8. The van der Waals surface area contributed by atoms with Crippen molar-refractivity contribution in [3.63, 3.8) is 0 Å². The number of amides is 2. The maximum Gasteiger partial charge on any atom is 0.416 e. The molecule has 18 heavy (non-hydrogen) atoms. The summed E-state index contributed by atoms with van der Waals surface area (Å²) >= 11 is 2.98. The lowest BCUT2D eigenvalue weighted by Crippen LogP contribution is -2.29. The van der Waals surface area contributed by atoms with Crippen molar-refractivity contribution in [3.05, 3.63) is 28.2 Å². The van der Waals surface area contributed by atoms with Gasteiger partial charge in [-0.1, -0.05) is 22.9 Å². The van der Waals surface area contributed by atoms with E-state index in [-0.39, 0.29) is 10.2 Å². The van der Waals surface area contributed by atoms with Crippen molar-refractivity contribution in [3.8, 4) is 0 Å². The van der Waals surface area contributed by atoms with Gasteiger partial charge in [-0.3, -0.25) is 0 Å². The highest BCUT2D eigenvalue weighted by molar-refractivity contribution is 9.10. The Morgan fingerprint density at radius 3 is 2.56 bits per heavy atom. The van der Waals surface area contributed by atoms with Gasteiger partial charge in [0, 0.05) is 16.7 Å². The van der Waals surface area contributed by atoms with E-state index in [0.717, 1.165) is 18.6 Å². The largest absolute Gasteiger partial charge is 0.416 e. The summed E-state index contributed by atoms with van der Waals surface area (Å²) in [7, 11) is 0. The Kier molecular flexibility index (Phi) is 5.01. The molecule has 0 bridgehead atoms. The first-order valence-electron chi connectivity index (χ1n) is 5.25. The highest BCUT2D eigenvalue weighted by atomic mass is 79.9. The Balaban J connectivity index is 2.84. The SMILES string of the molecule is CCCNC(=O)Nc1cc(Br)cc(C(F)(F)F)c1. The Bertz CT molecular complexity index is 435. The van der Waals surface area contributed by atoms with E-state index in [9.17, 15) is 18.0 Å². The second-order valence-electron chi connectivity index (χ2n) is 3.61. The summed E-state index contributed by atoms with van der Waals surface area (Å²) in [6.07, 6.45) is -3.69. The average Bonchev–Trinajstić information content (AvgIpc) is 2.24. The highest BCUT2D eigenvalue weighted by Gasteiger charge is 2.31. The van der Waals surface area contributed by atoms with Crippen LogP contribution < -0.4 is 10.6 Å². The van der Waals surface area contributed by atoms with E-state index in [0.29, 0.717) is 6.54 Å². The molecule has 2 N–H and O–H groups in total. The van der Waals surface area contributed by atoms with Crippen LogP contribution in [0.4, 0.5) is 23.7 Å². The van der Waals surface area contributed by atoms with Gasteiger partial charge in [-0.05, 0) is 24.6 Å². The van der Waals surface area contributed by atoms with Crippen LogP contribution in [0.25, 0.3) is 0 Å². The lowest BCUT2D eigenvalue weighted by molar-refractivity contribution is -0.137. The van der Waals surface area contributed by atoms with E-state index in [2.05, 4.69) is 26.6 Å². The number of carbonyl (C=O) groups is 1. The molecule has 1 aromatic carbocycles. The normalized spacial score (nSPS) is 11.2. The molecule has 0 aliphatic heterocycles. The van der Waals surface area contributed by atoms with E-state index in [4.69, 9.17) is 0 Å². The summed E-state index contributed by atoms with van der Waals surface area (Å²) in [5.41, 5.74) is -0.729. The monoisotopic (exact) mass is 324 g/mol. The number of hydrogen-bond acceptors (Lipinski definition) is 1. The molecule has 0 saturated heterocycles. The van der Waals surface area contributed by atoms with Crippen LogP contribution in [0.15, 0.2) is 22.7 Å². The fourth-order valence-corrected chi connectivity index (χ4v) is 1.73. The average molecular weight is 325 g/mol. The van der Waals surface area contributed by atoms with Crippen molar-refractivity contribution in [1.29, 1.82) is 0 Å². The molecule has 3 nitrogen and oxygen atoms in total. The van der Waals surface area contributed by atoms with Crippen LogP contribution in [-0.4, -0.2) is 12.6 Å². The van der Waals surface area contributed by atoms with E-state index in [1.165, 1.54) is 6.07 Å². The molecule has 0 unspecified atom stereocenters. The van der Waals surface area contributed by atoms with Gasteiger partial charge in [-0.2, -0.15) is 13.2 Å². The standard InChI is InChI=1S/C11H12BrF3N2O/c1-2-3-16-10(18)17-9-5-7(11(13,14)15)4-8(12)6-9/h4-6H,2-3H2,1H3,(H2,16,17,18). The maximum atomic E-state index is 12.5. The van der Waals surface area contributed by atoms with E-state index >= 15 is 0 Å².